The second kappa shape index (κ2) is 7.63. The number of ketones is 1. The van der Waals surface area contributed by atoms with Gasteiger partial charge in [-0.2, -0.15) is 0 Å². The molecule has 7 nitrogen and oxygen atoms in total. The number of rotatable bonds is 3. The van der Waals surface area contributed by atoms with Crippen LogP contribution in [0.2, 0.25) is 0 Å². The molecule has 156 valence electrons. The van der Waals surface area contributed by atoms with Gasteiger partial charge in [0, 0.05) is 5.92 Å². The molecule has 1 aromatic carbocycles. The second-order valence-corrected chi connectivity index (χ2v) is 8.64. The molecule has 7 heteroatoms. The predicted octanol–water partition coefficient (Wildman–Crippen LogP) is 2.82. The minimum Gasteiger partial charge on any atom is -0.456 e. The number of nitrogens with zero attached hydrogens (tertiary/aromatic N) is 1. The fourth-order valence-corrected chi connectivity index (χ4v) is 3.77. The third kappa shape index (κ3) is 4.05. The number of carbonyl (C=O) groups is 3. The zero-order valence-corrected chi connectivity index (χ0v) is 17.1. The van der Waals surface area contributed by atoms with Crippen LogP contribution in [0.3, 0.4) is 0 Å². The van der Waals surface area contributed by atoms with E-state index in [0.717, 1.165) is 10.5 Å². The van der Waals surface area contributed by atoms with Crippen LogP contribution in [0.5, 0.6) is 0 Å². The molecule has 1 fully saturated rings. The molecule has 1 heterocycles. The Morgan fingerprint density at radius 2 is 1.86 bits per heavy atom. The molecule has 3 rings (SSSR count). The van der Waals surface area contributed by atoms with Crippen LogP contribution in [0.1, 0.15) is 39.7 Å². The van der Waals surface area contributed by atoms with Crippen molar-refractivity contribution >= 4 is 17.8 Å². The van der Waals surface area contributed by atoms with Crippen LogP contribution in [-0.4, -0.2) is 45.2 Å². The summed E-state index contributed by atoms with van der Waals surface area (Å²) in [5.74, 6) is -2.51. The summed E-state index contributed by atoms with van der Waals surface area (Å²) in [6, 6.07) is 8.26. The highest BCUT2D eigenvalue weighted by Crippen LogP contribution is 2.42. The maximum absolute atomic E-state index is 13.1. The van der Waals surface area contributed by atoms with Crippen molar-refractivity contribution in [1.29, 1.82) is 0 Å². The van der Waals surface area contributed by atoms with Gasteiger partial charge >= 0.3 is 17.8 Å². The summed E-state index contributed by atoms with van der Waals surface area (Å²) < 4.78 is 10.6. The van der Waals surface area contributed by atoms with Crippen molar-refractivity contribution in [2.75, 3.05) is 0 Å². The number of benzene rings is 1. The Hall–Kier alpha value is -2.67. The van der Waals surface area contributed by atoms with Gasteiger partial charge in [0.2, 0.25) is 5.78 Å². The average molecular weight is 401 g/mol. The van der Waals surface area contributed by atoms with Crippen molar-refractivity contribution in [3.63, 3.8) is 0 Å². The van der Waals surface area contributed by atoms with E-state index in [2.05, 4.69) is 0 Å². The lowest BCUT2D eigenvalue weighted by molar-refractivity contribution is -0.193. The Morgan fingerprint density at radius 3 is 2.48 bits per heavy atom. The number of esters is 1. The monoisotopic (exact) mass is 401 g/mol. The number of allylic oxidation sites excluding steroid dienone is 1. The van der Waals surface area contributed by atoms with Crippen molar-refractivity contribution < 1.29 is 29.0 Å². The predicted molar refractivity (Wildman–Crippen MR) is 104 cm³/mol. The average Bonchev–Trinajstić information content (AvgIpc) is 2.88. The lowest BCUT2D eigenvalue weighted by Gasteiger charge is -2.34. The first-order valence-corrected chi connectivity index (χ1v) is 9.72. The number of amides is 1. The molecule has 1 aliphatic carbocycles. The van der Waals surface area contributed by atoms with E-state index < -0.39 is 41.1 Å². The fourth-order valence-electron chi connectivity index (χ4n) is 3.77. The number of likely N-dealkylation sites (tertiary alicyclic amines) is 1. The molecule has 4 unspecified atom stereocenters. The lowest BCUT2D eigenvalue weighted by Crippen LogP contribution is -2.60. The molecule has 0 radical (unpaired) electrons. The van der Waals surface area contributed by atoms with E-state index in [1.807, 2.05) is 19.1 Å². The fraction of sp³-hybridized carbons (Fsp3) is 0.500. The molecule has 4 atom stereocenters. The van der Waals surface area contributed by atoms with Crippen LogP contribution in [0.25, 0.3) is 0 Å². The van der Waals surface area contributed by atoms with Crippen molar-refractivity contribution in [3.8, 4) is 0 Å². The highest BCUT2D eigenvalue weighted by Gasteiger charge is 2.66. The van der Waals surface area contributed by atoms with Crippen molar-refractivity contribution in [2.45, 2.75) is 58.1 Å². The largest absolute Gasteiger partial charge is 0.456 e. The minimum absolute atomic E-state index is 0.0493. The number of fused-ring (bicyclic) bond motifs is 1. The molecule has 1 aromatic rings. The number of hydrogen-bond donors (Lipinski definition) is 1. The van der Waals surface area contributed by atoms with Gasteiger partial charge in [0.15, 0.2) is 0 Å². The number of aliphatic hydroxyl groups is 1. The SMILES string of the molecule is CC1C=CC2C(C1)C(=O)C(O)(C(=O)OC(C)(C)C)N2C(=O)OCc1ccccc1. The summed E-state index contributed by atoms with van der Waals surface area (Å²) in [5, 5.41) is 11.2. The number of carbonyl (C=O) groups excluding carboxylic acids is 3. The molecular weight excluding hydrogens is 374 g/mol. The van der Waals surface area contributed by atoms with Gasteiger partial charge < -0.3 is 14.6 Å². The highest BCUT2D eigenvalue weighted by molar-refractivity contribution is 6.12. The molecule has 2 aliphatic rings. The quantitative estimate of drug-likeness (QED) is 0.476. The summed E-state index contributed by atoms with van der Waals surface area (Å²) in [6.45, 7) is 6.76. The van der Waals surface area contributed by atoms with Crippen molar-refractivity contribution in [3.05, 3.63) is 48.0 Å². The molecule has 29 heavy (non-hydrogen) atoms. The van der Waals surface area contributed by atoms with E-state index >= 15 is 0 Å². The topological polar surface area (TPSA) is 93.1 Å². The molecule has 0 aromatic heterocycles. The van der Waals surface area contributed by atoms with E-state index in [0.29, 0.717) is 6.42 Å². The molecule has 1 amide bonds. The summed E-state index contributed by atoms with van der Waals surface area (Å²) in [4.78, 5) is 39.7. The number of hydrogen-bond acceptors (Lipinski definition) is 6. The van der Waals surface area contributed by atoms with E-state index in [-0.39, 0.29) is 12.5 Å². The second-order valence-electron chi connectivity index (χ2n) is 8.64. The van der Waals surface area contributed by atoms with Crippen LogP contribution < -0.4 is 0 Å². The zero-order chi connectivity index (χ0) is 21.4. The van der Waals surface area contributed by atoms with Gasteiger partial charge in [-0.1, -0.05) is 49.4 Å². The number of ether oxygens (including phenoxy) is 2. The molecule has 0 bridgehead atoms. The van der Waals surface area contributed by atoms with E-state index in [1.54, 1.807) is 51.1 Å². The van der Waals surface area contributed by atoms with Crippen LogP contribution in [0, 0.1) is 11.8 Å². The van der Waals surface area contributed by atoms with Crippen LogP contribution in [-0.2, 0) is 25.7 Å². The molecule has 1 aliphatic heterocycles. The molecular formula is C22H27NO6. The van der Waals surface area contributed by atoms with E-state index in [4.69, 9.17) is 9.47 Å². The maximum Gasteiger partial charge on any atom is 0.413 e. The standard InChI is InChI=1S/C22H27NO6/c1-14-10-11-17-16(12-14)18(24)22(27,19(25)29-21(2,3)4)23(17)20(26)28-13-15-8-6-5-7-9-15/h5-11,14,16-17,27H,12-13H2,1-4H3. The minimum atomic E-state index is -2.72. The first-order chi connectivity index (χ1) is 13.5. The Morgan fingerprint density at radius 1 is 1.21 bits per heavy atom. The molecule has 0 saturated carbocycles. The number of Topliss-reactive ketones (excluding diaryl/α,β-unsaturated/α-hetero) is 1. The van der Waals surface area contributed by atoms with Crippen LogP contribution in [0.4, 0.5) is 4.79 Å². The normalized spacial score (nSPS) is 28.8. The van der Waals surface area contributed by atoms with Gasteiger partial charge in [-0.15, -0.1) is 0 Å². The van der Waals surface area contributed by atoms with E-state index in [9.17, 15) is 19.5 Å². The summed E-state index contributed by atoms with van der Waals surface area (Å²) in [5.41, 5.74) is -2.91. The van der Waals surface area contributed by atoms with Gasteiger partial charge in [0.25, 0.3) is 0 Å². The van der Waals surface area contributed by atoms with Gasteiger partial charge in [0.05, 0.1) is 6.04 Å². The molecule has 1 N–H and O–H groups in total. The first-order valence-electron chi connectivity index (χ1n) is 9.72. The van der Waals surface area contributed by atoms with Crippen LogP contribution in [0.15, 0.2) is 42.5 Å². The lowest BCUT2D eigenvalue weighted by atomic mass is 9.83. The maximum atomic E-state index is 13.1. The van der Waals surface area contributed by atoms with Gasteiger partial charge in [0.1, 0.15) is 12.2 Å². The Balaban J connectivity index is 1.92. The Kier molecular flexibility index (Phi) is 5.54. The van der Waals surface area contributed by atoms with Crippen molar-refractivity contribution in [2.24, 2.45) is 11.8 Å². The smallest absolute Gasteiger partial charge is 0.413 e. The third-order valence-electron chi connectivity index (χ3n) is 5.09. The molecule has 1 saturated heterocycles. The van der Waals surface area contributed by atoms with Gasteiger partial charge in [-0.3, -0.25) is 9.69 Å². The summed E-state index contributed by atoms with van der Waals surface area (Å²) in [6.07, 6.45) is 3.03. The molecule has 0 spiro atoms. The Labute approximate surface area is 170 Å². The van der Waals surface area contributed by atoms with Crippen LogP contribution >= 0.6 is 0 Å². The zero-order valence-electron chi connectivity index (χ0n) is 17.1. The Bertz CT molecular complexity index is 827. The van der Waals surface area contributed by atoms with Gasteiger partial charge in [-0.05, 0) is 38.7 Å². The summed E-state index contributed by atoms with van der Waals surface area (Å²) in [7, 11) is 0. The van der Waals surface area contributed by atoms with Gasteiger partial charge in [-0.25, -0.2) is 9.59 Å². The highest BCUT2D eigenvalue weighted by atomic mass is 16.6. The summed E-state index contributed by atoms with van der Waals surface area (Å²) >= 11 is 0. The van der Waals surface area contributed by atoms with Crippen molar-refractivity contribution in [1.82, 2.24) is 4.90 Å². The van der Waals surface area contributed by atoms with E-state index in [1.165, 1.54) is 0 Å². The first kappa shape index (κ1) is 21.0. The third-order valence-corrected chi connectivity index (χ3v) is 5.09.